The van der Waals surface area contributed by atoms with Gasteiger partial charge in [0.15, 0.2) is 0 Å². The van der Waals surface area contributed by atoms with Crippen molar-refractivity contribution in [2.75, 3.05) is 13.1 Å². The lowest BCUT2D eigenvalue weighted by molar-refractivity contribution is 0.0451. The van der Waals surface area contributed by atoms with Crippen LogP contribution in [0.5, 0.6) is 0 Å². The van der Waals surface area contributed by atoms with E-state index in [-0.39, 0.29) is 0 Å². The molecule has 0 radical (unpaired) electrons. The number of nitrogens with zero attached hydrogens (tertiary/aromatic N) is 3. The van der Waals surface area contributed by atoms with Gasteiger partial charge in [-0.25, -0.2) is 0 Å². The zero-order valence-corrected chi connectivity index (χ0v) is 9.06. The average Bonchev–Trinajstić information content (AvgIpc) is 2.84. The van der Waals surface area contributed by atoms with Crippen LogP contribution in [0.25, 0.3) is 0 Å². The first-order valence-corrected chi connectivity index (χ1v) is 5.63. The van der Waals surface area contributed by atoms with Gasteiger partial charge in [-0.3, -0.25) is 9.58 Å². The predicted octanol–water partition coefficient (Wildman–Crippen LogP) is 0.476. The lowest BCUT2D eigenvalue weighted by atomic mass is 9.96. The van der Waals surface area contributed by atoms with E-state index < -0.39 is 5.60 Å². The molecule has 3 rings (SSSR count). The molecule has 4 heteroatoms. The number of rotatable bonds is 2. The maximum Gasteiger partial charge on any atom is 0.106 e. The fourth-order valence-electron chi connectivity index (χ4n) is 2.47. The molecule has 0 bridgehead atoms. The second-order valence-electron chi connectivity index (χ2n) is 4.89. The average molecular weight is 207 g/mol. The molecule has 4 nitrogen and oxygen atoms in total. The molecule has 1 unspecified atom stereocenters. The van der Waals surface area contributed by atoms with Crippen LogP contribution in [-0.4, -0.2) is 38.9 Å². The molecular formula is C11H17N3O. The van der Waals surface area contributed by atoms with E-state index in [2.05, 4.69) is 10.00 Å². The van der Waals surface area contributed by atoms with Crippen LogP contribution in [-0.2, 0) is 12.6 Å². The second kappa shape index (κ2) is 3.06. The topological polar surface area (TPSA) is 41.3 Å². The van der Waals surface area contributed by atoms with Crippen LogP contribution in [0, 0.1) is 0 Å². The van der Waals surface area contributed by atoms with Crippen molar-refractivity contribution in [3.63, 3.8) is 0 Å². The van der Waals surface area contributed by atoms with Crippen LogP contribution in [0.15, 0.2) is 12.4 Å². The summed E-state index contributed by atoms with van der Waals surface area (Å²) in [6.45, 7) is 1.80. The highest BCUT2D eigenvalue weighted by molar-refractivity contribution is 5.18. The van der Waals surface area contributed by atoms with Crippen molar-refractivity contribution in [1.29, 1.82) is 0 Å². The molecule has 0 spiro atoms. The highest BCUT2D eigenvalue weighted by Crippen LogP contribution is 2.37. The van der Waals surface area contributed by atoms with Gasteiger partial charge in [0, 0.05) is 37.9 Å². The minimum absolute atomic E-state index is 0.656. The molecule has 0 amide bonds. The maximum atomic E-state index is 10.5. The molecule has 15 heavy (non-hydrogen) atoms. The van der Waals surface area contributed by atoms with Crippen LogP contribution in [0.3, 0.4) is 0 Å². The van der Waals surface area contributed by atoms with Gasteiger partial charge in [0.05, 0.1) is 6.20 Å². The van der Waals surface area contributed by atoms with E-state index in [1.54, 1.807) is 10.9 Å². The molecule has 1 N–H and O–H groups in total. The molecule has 82 valence electrons. The maximum absolute atomic E-state index is 10.5. The van der Waals surface area contributed by atoms with Gasteiger partial charge in [-0.05, 0) is 19.3 Å². The number of aliphatic hydroxyl groups is 1. The number of β-amino-alcohol motifs (C(OH)–C–C–N with tert-alkyl or cyclic N) is 1. The smallest absolute Gasteiger partial charge is 0.106 e. The predicted molar refractivity (Wildman–Crippen MR) is 56.3 cm³/mol. The fraction of sp³-hybridized carbons (Fsp3) is 0.727. The van der Waals surface area contributed by atoms with Crippen molar-refractivity contribution in [2.45, 2.75) is 30.9 Å². The molecule has 2 fully saturated rings. The van der Waals surface area contributed by atoms with E-state index >= 15 is 0 Å². The molecular weight excluding hydrogens is 190 g/mol. The monoisotopic (exact) mass is 207 g/mol. The van der Waals surface area contributed by atoms with Gasteiger partial charge < -0.3 is 5.11 Å². The summed E-state index contributed by atoms with van der Waals surface area (Å²) in [5.41, 5.74) is 0.310. The summed E-state index contributed by atoms with van der Waals surface area (Å²) in [5, 5.41) is 14.7. The molecule has 1 aliphatic carbocycles. The first kappa shape index (κ1) is 9.36. The second-order valence-corrected chi connectivity index (χ2v) is 4.89. The van der Waals surface area contributed by atoms with Crippen LogP contribution in [0.2, 0.25) is 0 Å². The minimum atomic E-state index is -0.656. The Morgan fingerprint density at radius 1 is 1.53 bits per heavy atom. The lowest BCUT2D eigenvalue weighted by Gasteiger charge is -2.21. The Kier molecular flexibility index (Phi) is 1.91. The third-order valence-corrected chi connectivity index (χ3v) is 3.58. The first-order chi connectivity index (χ1) is 7.17. The standard InChI is InChI=1S/C11H17N3O/c1-13-7-9(6-12-13)11(15)4-5-14(8-11)10-2-3-10/h6-7,10,15H,2-5,8H2,1H3. The van der Waals surface area contributed by atoms with Gasteiger partial charge in [-0.1, -0.05) is 0 Å². The Morgan fingerprint density at radius 3 is 2.93 bits per heavy atom. The van der Waals surface area contributed by atoms with Gasteiger partial charge in [0.1, 0.15) is 5.60 Å². The Balaban J connectivity index is 1.79. The number of aromatic nitrogens is 2. The van der Waals surface area contributed by atoms with Crippen molar-refractivity contribution < 1.29 is 5.11 Å². The Hall–Kier alpha value is -0.870. The summed E-state index contributed by atoms with van der Waals surface area (Å²) in [6, 6.07) is 0.746. The highest BCUT2D eigenvalue weighted by Gasteiger charge is 2.43. The van der Waals surface area contributed by atoms with Crippen molar-refractivity contribution in [3.8, 4) is 0 Å². The Bertz CT molecular complexity index is 372. The third kappa shape index (κ3) is 1.58. The van der Waals surface area contributed by atoms with Gasteiger partial charge in [0.25, 0.3) is 0 Å². The van der Waals surface area contributed by atoms with E-state index in [4.69, 9.17) is 0 Å². The molecule has 0 aromatic carbocycles. The largest absolute Gasteiger partial charge is 0.384 e. The van der Waals surface area contributed by atoms with Crippen molar-refractivity contribution in [3.05, 3.63) is 18.0 Å². The molecule has 1 saturated carbocycles. The molecule has 1 atom stereocenters. The summed E-state index contributed by atoms with van der Waals surface area (Å²) in [4.78, 5) is 2.41. The molecule has 1 aliphatic heterocycles. The molecule has 1 aromatic heterocycles. The van der Waals surface area contributed by atoms with Crippen molar-refractivity contribution in [1.82, 2.24) is 14.7 Å². The van der Waals surface area contributed by atoms with Gasteiger partial charge in [-0.2, -0.15) is 5.10 Å². The van der Waals surface area contributed by atoms with E-state index in [0.717, 1.165) is 31.1 Å². The fourth-order valence-corrected chi connectivity index (χ4v) is 2.47. The quantitative estimate of drug-likeness (QED) is 0.766. The van der Waals surface area contributed by atoms with Crippen LogP contribution >= 0.6 is 0 Å². The SMILES string of the molecule is Cn1cc(C2(O)CCN(C3CC3)C2)cn1. The lowest BCUT2D eigenvalue weighted by Crippen LogP contribution is -2.31. The summed E-state index contributed by atoms with van der Waals surface area (Å²) >= 11 is 0. The summed E-state index contributed by atoms with van der Waals surface area (Å²) in [5.74, 6) is 0. The summed E-state index contributed by atoms with van der Waals surface area (Å²) < 4.78 is 1.76. The van der Waals surface area contributed by atoms with Crippen molar-refractivity contribution in [2.24, 2.45) is 7.05 Å². The van der Waals surface area contributed by atoms with Gasteiger partial charge >= 0.3 is 0 Å². The molecule has 2 heterocycles. The number of aryl methyl sites for hydroxylation is 1. The zero-order valence-electron chi connectivity index (χ0n) is 9.06. The van der Waals surface area contributed by atoms with E-state index in [1.807, 2.05) is 13.2 Å². The van der Waals surface area contributed by atoms with Crippen LogP contribution < -0.4 is 0 Å². The van der Waals surface area contributed by atoms with Gasteiger partial charge in [0.2, 0.25) is 0 Å². The highest BCUT2D eigenvalue weighted by atomic mass is 16.3. The van der Waals surface area contributed by atoms with E-state index in [9.17, 15) is 5.11 Å². The minimum Gasteiger partial charge on any atom is -0.384 e. The van der Waals surface area contributed by atoms with E-state index in [1.165, 1.54) is 12.8 Å². The van der Waals surface area contributed by atoms with Crippen molar-refractivity contribution >= 4 is 0 Å². The summed E-state index contributed by atoms with van der Waals surface area (Å²) in [7, 11) is 1.89. The molecule has 1 saturated heterocycles. The number of hydrogen-bond acceptors (Lipinski definition) is 3. The Morgan fingerprint density at radius 2 is 2.33 bits per heavy atom. The molecule has 1 aromatic rings. The Labute approximate surface area is 89.5 Å². The third-order valence-electron chi connectivity index (χ3n) is 3.58. The zero-order chi connectivity index (χ0) is 10.5. The first-order valence-electron chi connectivity index (χ1n) is 5.63. The van der Waals surface area contributed by atoms with Gasteiger partial charge in [-0.15, -0.1) is 0 Å². The summed E-state index contributed by atoms with van der Waals surface area (Å²) in [6.07, 6.45) is 7.17. The van der Waals surface area contributed by atoms with Crippen LogP contribution in [0.1, 0.15) is 24.8 Å². The van der Waals surface area contributed by atoms with E-state index in [0.29, 0.717) is 0 Å². The number of hydrogen-bond donors (Lipinski definition) is 1. The normalized spacial score (nSPS) is 32.4. The van der Waals surface area contributed by atoms with Crippen LogP contribution in [0.4, 0.5) is 0 Å². The molecule has 2 aliphatic rings. The number of likely N-dealkylation sites (tertiary alicyclic amines) is 1.